The van der Waals surface area contributed by atoms with Gasteiger partial charge in [-0.2, -0.15) is 0 Å². The number of ether oxygens (including phenoxy) is 2. The van der Waals surface area contributed by atoms with Gasteiger partial charge in [-0.05, 0) is 89.6 Å². The van der Waals surface area contributed by atoms with Crippen LogP contribution in [0.2, 0.25) is 0 Å². The predicted octanol–water partition coefficient (Wildman–Crippen LogP) is 4.38. The van der Waals surface area contributed by atoms with E-state index in [0.717, 1.165) is 61.5 Å². The fraction of sp³-hybridized carbons (Fsp3) is 0.704. The number of carbonyl (C=O) groups excluding carboxylic acids is 1. The summed E-state index contributed by atoms with van der Waals surface area (Å²) >= 11 is 0. The second-order valence-corrected chi connectivity index (χ2v) is 10.5. The Labute approximate surface area is 203 Å². The van der Waals surface area contributed by atoms with Crippen molar-refractivity contribution in [1.29, 1.82) is 0 Å². The first-order chi connectivity index (χ1) is 16.6. The van der Waals surface area contributed by atoms with Crippen LogP contribution in [0.15, 0.2) is 23.4 Å². The van der Waals surface area contributed by atoms with Crippen molar-refractivity contribution in [3.8, 4) is 11.5 Å². The van der Waals surface area contributed by atoms with Crippen molar-refractivity contribution in [2.24, 2.45) is 5.16 Å². The van der Waals surface area contributed by atoms with Crippen molar-refractivity contribution in [2.75, 3.05) is 33.3 Å². The highest BCUT2D eigenvalue weighted by Crippen LogP contribution is 2.36. The fourth-order valence-electron chi connectivity index (χ4n) is 6.00. The Morgan fingerprint density at radius 1 is 1.00 bits per heavy atom. The van der Waals surface area contributed by atoms with Crippen LogP contribution in [-0.2, 0) is 9.63 Å². The van der Waals surface area contributed by atoms with E-state index in [4.69, 9.17) is 14.3 Å². The van der Waals surface area contributed by atoms with Crippen LogP contribution in [-0.4, -0.2) is 72.5 Å². The molecule has 34 heavy (non-hydrogen) atoms. The molecule has 1 aliphatic carbocycles. The zero-order valence-electron chi connectivity index (χ0n) is 20.8. The number of benzene rings is 1. The average molecular weight is 470 g/mol. The lowest BCUT2D eigenvalue weighted by molar-refractivity contribution is -0.154. The molecule has 1 aromatic rings. The molecule has 1 atom stereocenters. The largest absolute Gasteiger partial charge is 0.493 e. The van der Waals surface area contributed by atoms with Crippen molar-refractivity contribution < 1.29 is 19.1 Å². The summed E-state index contributed by atoms with van der Waals surface area (Å²) in [5.74, 6) is 1.53. The van der Waals surface area contributed by atoms with Gasteiger partial charge < -0.3 is 24.1 Å². The van der Waals surface area contributed by atoms with E-state index in [0.29, 0.717) is 12.5 Å². The van der Waals surface area contributed by atoms with E-state index in [1.807, 2.05) is 30.0 Å². The average Bonchev–Trinajstić information content (AvgIpc) is 3.55. The van der Waals surface area contributed by atoms with Gasteiger partial charge in [0, 0.05) is 31.1 Å². The summed E-state index contributed by atoms with van der Waals surface area (Å²) in [6.07, 6.45) is 11.4. The number of nitrogens with zero attached hydrogens (tertiary/aromatic N) is 3. The smallest absolute Gasteiger partial charge is 0.269 e. The molecular formula is C27H39N3O4. The molecule has 3 heterocycles. The van der Waals surface area contributed by atoms with E-state index in [2.05, 4.69) is 10.1 Å². The summed E-state index contributed by atoms with van der Waals surface area (Å²) in [4.78, 5) is 23.9. The van der Waals surface area contributed by atoms with Crippen LogP contribution in [0.4, 0.5) is 0 Å². The second kappa shape index (κ2) is 10.1. The normalized spacial score (nSPS) is 26.9. The van der Waals surface area contributed by atoms with Gasteiger partial charge in [0.25, 0.3) is 5.91 Å². The predicted molar refractivity (Wildman–Crippen MR) is 132 cm³/mol. The van der Waals surface area contributed by atoms with E-state index in [9.17, 15) is 4.79 Å². The third-order valence-corrected chi connectivity index (χ3v) is 8.07. The van der Waals surface area contributed by atoms with Crippen LogP contribution in [0.25, 0.3) is 0 Å². The molecule has 0 N–H and O–H groups in total. The number of hydrogen-bond acceptors (Lipinski definition) is 6. The molecule has 186 valence electrons. The summed E-state index contributed by atoms with van der Waals surface area (Å²) in [7, 11) is 1.66. The van der Waals surface area contributed by atoms with E-state index < -0.39 is 5.60 Å². The van der Waals surface area contributed by atoms with Crippen molar-refractivity contribution in [3.05, 3.63) is 23.8 Å². The van der Waals surface area contributed by atoms with Gasteiger partial charge in [-0.15, -0.1) is 0 Å². The van der Waals surface area contributed by atoms with E-state index in [1.54, 1.807) is 7.11 Å². The Morgan fingerprint density at radius 2 is 1.74 bits per heavy atom. The highest BCUT2D eigenvalue weighted by Gasteiger charge is 2.45. The quantitative estimate of drug-likeness (QED) is 0.619. The van der Waals surface area contributed by atoms with Gasteiger partial charge in [-0.3, -0.25) is 4.79 Å². The first kappa shape index (κ1) is 23.5. The third kappa shape index (κ3) is 4.90. The Bertz CT molecular complexity index is 899. The van der Waals surface area contributed by atoms with Crippen LogP contribution in [0, 0.1) is 0 Å². The molecule has 0 radical (unpaired) electrons. The monoisotopic (exact) mass is 469 g/mol. The second-order valence-electron chi connectivity index (χ2n) is 10.5. The van der Waals surface area contributed by atoms with Gasteiger partial charge >= 0.3 is 0 Å². The van der Waals surface area contributed by atoms with Crippen LogP contribution in [0.3, 0.4) is 0 Å². The minimum atomic E-state index is -0.945. The minimum absolute atomic E-state index is 0.0549. The molecule has 0 spiro atoms. The van der Waals surface area contributed by atoms with Crippen molar-refractivity contribution >= 4 is 11.6 Å². The SMILES string of the molecule is COc1ccc(C2=NOC(C)(C(=O)N3CCC(N4CCCCC4)CC3)C2)cc1OC1CCCC1. The lowest BCUT2D eigenvalue weighted by Gasteiger charge is -2.41. The first-order valence-corrected chi connectivity index (χ1v) is 13.2. The lowest BCUT2D eigenvalue weighted by Crippen LogP contribution is -2.53. The molecular weight excluding hydrogens is 430 g/mol. The van der Waals surface area contributed by atoms with Crippen LogP contribution in [0.1, 0.15) is 76.7 Å². The summed E-state index contributed by atoms with van der Waals surface area (Å²) < 4.78 is 11.8. The molecule has 0 aromatic heterocycles. The van der Waals surface area contributed by atoms with E-state index >= 15 is 0 Å². The first-order valence-electron chi connectivity index (χ1n) is 13.2. The number of likely N-dealkylation sites (tertiary alicyclic amines) is 2. The highest BCUT2D eigenvalue weighted by atomic mass is 16.7. The van der Waals surface area contributed by atoms with Crippen LogP contribution in [0.5, 0.6) is 11.5 Å². The molecule has 5 rings (SSSR count). The molecule has 7 heteroatoms. The van der Waals surface area contributed by atoms with Gasteiger partial charge in [0.2, 0.25) is 5.60 Å². The standard InChI is InChI=1S/C27H39N3O4/c1-27(26(31)30-16-12-21(13-17-30)29-14-6-3-7-15-29)19-23(28-34-27)20-10-11-24(32-2)25(18-20)33-22-8-4-5-9-22/h10-11,18,21-22H,3-9,12-17,19H2,1-2H3. The van der Waals surface area contributed by atoms with Crippen molar-refractivity contribution in [3.63, 3.8) is 0 Å². The highest BCUT2D eigenvalue weighted by molar-refractivity contribution is 6.05. The number of piperidine rings is 2. The third-order valence-electron chi connectivity index (χ3n) is 8.07. The minimum Gasteiger partial charge on any atom is -0.493 e. The zero-order valence-corrected chi connectivity index (χ0v) is 20.8. The molecule has 2 saturated heterocycles. The van der Waals surface area contributed by atoms with Gasteiger partial charge in [0.1, 0.15) is 0 Å². The Kier molecular flexibility index (Phi) is 7.00. The zero-order chi connectivity index (χ0) is 23.5. The summed E-state index contributed by atoms with van der Waals surface area (Å²) in [6.45, 7) is 5.91. The van der Waals surface area contributed by atoms with Gasteiger partial charge in [0.15, 0.2) is 11.5 Å². The maximum absolute atomic E-state index is 13.4. The number of hydrogen-bond donors (Lipinski definition) is 0. The maximum Gasteiger partial charge on any atom is 0.269 e. The topological polar surface area (TPSA) is 63.6 Å². The molecule has 3 aliphatic heterocycles. The van der Waals surface area contributed by atoms with Gasteiger partial charge in [-0.1, -0.05) is 11.6 Å². The van der Waals surface area contributed by atoms with Crippen molar-refractivity contribution in [2.45, 2.75) is 88.9 Å². The summed E-state index contributed by atoms with van der Waals surface area (Å²) in [5.41, 5.74) is 0.770. The summed E-state index contributed by atoms with van der Waals surface area (Å²) in [5, 5.41) is 4.36. The molecule has 1 unspecified atom stereocenters. The number of amides is 1. The fourth-order valence-corrected chi connectivity index (χ4v) is 6.00. The molecule has 3 fully saturated rings. The maximum atomic E-state index is 13.4. The Balaban J connectivity index is 1.21. The number of oxime groups is 1. The number of methoxy groups -OCH3 is 1. The Morgan fingerprint density at radius 3 is 2.44 bits per heavy atom. The molecule has 1 amide bonds. The number of rotatable bonds is 6. The molecule has 7 nitrogen and oxygen atoms in total. The molecule has 4 aliphatic rings. The van der Waals surface area contributed by atoms with Crippen molar-refractivity contribution in [1.82, 2.24) is 9.80 Å². The van der Waals surface area contributed by atoms with E-state index in [-0.39, 0.29) is 12.0 Å². The molecule has 1 aromatic carbocycles. The van der Waals surface area contributed by atoms with Crippen LogP contribution >= 0.6 is 0 Å². The number of carbonyl (C=O) groups is 1. The van der Waals surface area contributed by atoms with Gasteiger partial charge in [-0.25, -0.2) is 0 Å². The van der Waals surface area contributed by atoms with Crippen LogP contribution < -0.4 is 9.47 Å². The van der Waals surface area contributed by atoms with E-state index in [1.165, 1.54) is 45.2 Å². The molecule has 1 saturated carbocycles. The summed E-state index contributed by atoms with van der Waals surface area (Å²) in [6, 6.07) is 6.50. The Hall–Kier alpha value is -2.28. The lowest BCUT2D eigenvalue weighted by atomic mass is 9.92. The van der Waals surface area contributed by atoms with Gasteiger partial charge in [0.05, 0.1) is 18.9 Å². The molecule has 0 bridgehead atoms.